The van der Waals surface area contributed by atoms with E-state index in [1.165, 1.54) is 18.3 Å². The summed E-state index contributed by atoms with van der Waals surface area (Å²) in [5.74, 6) is 0.0739. The molecular formula is C12H6BrClN4O2. The highest BCUT2D eigenvalue weighted by molar-refractivity contribution is 9.10. The van der Waals surface area contributed by atoms with Gasteiger partial charge in [0.25, 0.3) is 0 Å². The molecule has 0 saturated carbocycles. The summed E-state index contributed by atoms with van der Waals surface area (Å²) >= 11 is 9.13. The second-order valence-corrected chi connectivity index (χ2v) is 5.03. The Morgan fingerprint density at radius 2 is 2.20 bits per heavy atom. The molecule has 0 amide bonds. The van der Waals surface area contributed by atoms with Crippen LogP contribution in [0.5, 0.6) is 0 Å². The van der Waals surface area contributed by atoms with Gasteiger partial charge in [-0.25, -0.2) is 4.98 Å². The second-order valence-electron chi connectivity index (χ2n) is 3.71. The Kier molecular flexibility index (Phi) is 4.17. The lowest BCUT2D eigenvalue weighted by Crippen LogP contribution is -2.00. The SMILES string of the molecule is N#Cc1ccc(Nc2ncc(Br)cc2[N+](=O)[O-])c(Cl)c1. The first-order valence-corrected chi connectivity index (χ1v) is 6.45. The van der Waals surface area contributed by atoms with Gasteiger partial charge in [-0.2, -0.15) is 5.26 Å². The molecule has 1 heterocycles. The predicted octanol–water partition coefficient (Wildman–Crippen LogP) is 4.02. The smallest absolute Gasteiger partial charge is 0.312 e. The third-order valence-electron chi connectivity index (χ3n) is 2.38. The predicted molar refractivity (Wildman–Crippen MR) is 78.0 cm³/mol. The van der Waals surface area contributed by atoms with Gasteiger partial charge in [0, 0.05) is 16.7 Å². The number of rotatable bonds is 3. The van der Waals surface area contributed by atoms with Crippen LogP contribution in [0.1, 0.15) is 5.56 Å². The quantitative estimate of drug-likeness (QED) is 0.664. The molecule has 0 aliphatic carbocycles. The van der Waals surface area contributed by atoms with Crippen molar-refractivity contribution in [1.82, 2.24) is 4.98 Å². The van der Waals surface area contributed by atoms with Crippen molar-refractivity contribution in [2.75, 3.05) is 5.32 Å². The van der Waals surface area contributed by atoms with Crippen molar-refractivity contribution >= 4 is 44.7 Å². The molecule has 2 rings (SSSR count). The zero-order valence-electron chi connectivity index (χ0n) is 9.80. The molecule has 0 radical (unpaired) electrons. The molecular weight excluding hydrogens is 348 g/mol. The van der Waals surface area contributed by atoms with Crippen LogP contribution < -0.4 is 5.32 Å². The van der Waals surface area contributed by atoms with Crippen LogP contribution in [0.15, 0.2) is 34.9 Å². The number of anilines is 2. The van der Waals surface area contributed by atoms with Gasteiger partial charge in [-0.1, -0.05) is 11.6 Å². The van der Waals surface area contributed by atoms with Crippen LogP contribution in [0, 0.1) is 21.4 Å². The Balaban J connectivity index is 2.40. The summed E-state index contributed by atoms with van der Waals surface area (Å²) in [5.41, 5.74) is 0.655. The molecule has 0 aliphatic heterocycles. The van der Waals surface area contributed by atoms with Crippen LogP contribution in [0.4, 0.5) is 17.2 Å². The molecule has 0 fully saturated rings. The summed E-state index contributed by atoms with van der Waals surface area (Å²) in [6.45, 7) is 0. The molecule has 2 aromatic rings. The Morgan fingerprint density at radius 3 is 2.80 bits per heavy atom. The van der Waals surface area contributed by atoms with E-state index in [4.69, 9.17) is 16.9 Å². The zero-order valence-corrected chi connectivity index (χ0v) is 12.1. The van der Waals surface area contributed by atoms with Gasteiger partial charge in [0.15, 0.2) is 0 Å². The van der Waals surface area contributed by atoms with Gasteiger partial charge in [-0.15, -0.1) is 0 Å². The highest BCUT2D eigenvalue weighted by atomic mass is 79.9. The fourth-order valence-corrected chi connectivity index (χ4v) is 2.02. The minimum Gasteiger partial charge on any atom is -0.333 e. The fourth-order valence-electron chi connectivity index (χ4n) is 1.48. The van der Waals surface area contributed by atoms with E-state index in [2.05, 4.69) is 26.2 Å². The average molecular weight is 354 g/mol. The number of nitrogens with one attached hydrogen (secondary N) is 1. The first-order chi connectivity index (χ1) is 9.51. The van der Waals surface area contributed by atoms with Gasteiger partial charge in [0.1, 0.15) is 0 Å². The second kappa shape index (κ2) is 5.86. The van der Waals surface area contributed by atoms with E-state index in [0.717, 1.165) is 0 Å². The number of nitro groups is 1. The van der Waals surface area contributed by atoms with Crippen molar-refractivity contribution in [3.05, 3.63) is 55.6 Å². The van der Waals surface area contributed by atoms with Crippen molar-refractivity contribution in [3.63, 3.8) is 0 Å². The molecule has 0 aliphatic rings. The summed E-state index contributed by atoms with van der Waals surface area (Å²) in [6, 6.07) is 7.88. The molecule has 0 unspecified atom stereocenters. The van der Waals surface area contributed by atoms with Crippen molar-refractivity contribution in [2.45, 2.75) is 0 Å². The molecule has 100 valence electrons. The highest BCUT2D eigenvalue weighted by Gasteiger charge is 2.17. The maximum Gasteiger partial charge on any atom is 0.312 e. The van der Waals surface area contributed by atoms with E-state index in [0.29, 0.717) is 15.7 Å². The van der Waals surface area contributed by atoms with E-state index in [9.17, 15) is 10.1 Å². The van der Waals surface area contributed by atoms with Gasteiger partial charge in [0.05, 0.1) is 27.3 Å². The van der Waals surface area contributed by atoms with Crippen molar-refractivity contribution in [2.24, 2.45) is 0 Å². The van der Waals surface area contributed by atoms with Crippen molar-refractivity contribution in [1.29, 1.82) is 5.26 Å². The normalized spacial score (nSPS) is 9.85. The first kappa shape index (κ1) is 14.2. The van der Waals surface area contributed by atoms with Crippen LogP contribution in [0.3, 0.4) is 0 Å². The van der Waals surface area contributed by atoms with Crippen LogP contribution >= 0.6 is 27.5 Å². The van der Waals surface area contributed by atoms with Crippen LogP contribution in [-0.4, -0.2) is 9.91 Å². The number of aromatic nitrogens is 1. The molecule has 8 heteroatoms. The number of nitrogens with zero attached hydrogens (tertiary/aromatic N) is 3. The third kappa shape index (κ3) is 3.04. The minimum absolute atomic E-state index is 0.0739. The first-order valence-electron chi connectivity index (χ1n) is 5.28. The van der Waals surface area contributed by atoms with Crippen LogP contribution in [0.2, 0.25) is 5.02 Å². The zero-order chi connectivity index (χ0) is 14.7. The maximum absolute atomic E-state index is 11.0. The number of hydrogen-bond donors (Lipinski definition) is 1. The number of nitriles is 1. The highest BCUT2D eigenvalue weighted by Crippen LogP contribution is 2.31. The summed E-state index contributed by atoms with van der Waals surface area (Å²) in [6.07, 6.45) is 1.44. The minimum atomic E-state index is -0.544. The van der Waals surface area contributed by atoms with E-state index < -0.39 is 4.92 Å². The number of pyridine rings is 1. The molecule has 1 N–H and O–H groups in total. The third-order valence-corrected chi connectivity index (χ3v) is 3.13. The lowest BCUT2D eigenvalue weighted by Gasteiger charge is -2.08. The summed E-state index contributed by atoms with van der Waals surface area (Å²) in [7, 11) is 0. The molecule has 0 atom stereocenters. The molecule has 0 spiro atoms. The number of halogens is 2. The molecule has 1 aromatic heterocycles. The van der Waals surface area contributed by atoms with Gasteiger partial charge < -0.3 is 5.32 Å². The van der Waals surface area contributed by atoms with Crippen molar-refractivity contribution in [3.8, 4) is 6.07 Å². The molecule has 0 saturated heterocycles. The standard InChI is InChI=1S/C12H6BrClN4O2/c13-8-4-11(18(19)20)12(16-6-8)17-10-2-1-7(5-15)3-9(10)14/h1-4,6H,(H,16,17). The van der Waals surface area contributed by atoms with Crippen LogP contribution in [0.25, 0.3) is 0 Å². The molecule has 20 heavy (non-hydrogen) atoms. The van der Waals surface area contributed by atoms with Gasteiger partial charge in [0.2, 0.25) is 5.82 Å². The van der Waals surface area contributed by atoms with E-state index >= 15 is 0 Å². The fraction of sp³-hybridized carbons (Fsp3) is 0. The van der Waals surface area contributed by atoms with Gasteiger partial charge in [-0.3, -0.25) is 10.1 Å². The van der Waals surface area contributed by atoms with E-state index in [1.54, 1.807) is 12.1 Å². The van der Waals surface area contributed by atoms with Gasteiger partial charge in [-0.05, 0) is 34.1 Å². The average Bonchev–Trinajstić information content (AvgIpc) is 2.42. The molecule has 1 aromatic carbocycles. The topological polar surface area (TPSA) is 91.8 Å². The van der Waals surface area contributed by atoms with Crippen molar-refractivity contribution < 1.29 is 4.92 Å². The monoisotopic (exact) mass is 352 g/mol. The summed E-state index contributed by atoms with van der Waals surface area (Å²) < 4.78 is 0.501. The summed E-state index contributed by atoms with van der Waals surface area (Å²) in [5, 5.41) is 22.8. The number of hydrogen-bond acceptors (Lipinski definition) is 5. The lowest BCUT2D eigenvalue weighted by molar-refractivity contribution is -0.384. The molecule has 6 nitrogen and oxygen atoms in total. The number of benzene rings is 1. The summed E-state index contributed by atoms with van der Waals surface area (Å²) in [4.78, 5) is 14.4. The van der Waals surface area contributed by atoms with E-state index in [-0.39, 0.29) is 16.5 Å². The van der Waals surface area contributed by atoms with Gasteiger partial charge >= 0.3 is 5.69 Å². The Labute approximate surface area is 127 Å². The Bertz CT molecular complexity index is 730. The molecule has 0 bridgehead atoms. The Hall–Kier alpha value is -2.17. The largest absolute Gasteiger partial charge is 0.333 e. The lowest BCUT2D eigenvalue weighted by atomic mass is 10.2. The van der Waals surface area contributed by atoms with Crippen LogP contribution in [-0.2, 0) is 0 Å². The maximum atomic E-state index is 11.0. The van der Waals surface area contributed by atoms with E-state index in [1.807, 2.05) is 6.07 Å². The Morgan fingerprint density at radius 1 is 1.45 bits per heavy atom.